The van der Waals surface area contributed by atoms with E-state index in [1.165, 1.54) is 6.20 Å². The van der Waals surface area contributed by atoms with Crippen molar-refractivity contribution in [3.8, 4) is 5.75 Å². The van der Waals surface area contributed by atoms with Gasteiger partial charge in [0.2, 0.25) is 10.0 Å². The molecule has 0 saturated heterocycles. The van der Waals surface area contributed by atoms with Gasteiger partial charge in [0.1, 0.15) is 5.75 Å². The molecule has 2 aromatic heterocycles. The molecule has 2 aromatic carbocycles. The Hall–Kier alpha value is -4.02. The highest BCUT2D eigenvalue weighted by atomic mass is 32.2. The molecule has 2 aliphatic rings. The Bertz CT molecular complexity index is 1740. The summed E-state index contributed by atoms with van der Waals surface area (Å²) in [5, 5.41) is 8.16. The topological polar surface area (TPSA) is 122 Å². The molecule has 0 radical (unpaired) electrons. The predicted octanol–water partition coefficient (Wildman–Crippen LogP) is 5.48. The molecule has 4 aromatic rings. The zero-order chi connectivity index (χ0) is 29.4. The van der Waals surface area contributed by atoms with Gasteiger partial charge in [0.05, 0.1) is 35.3 Å². The van der Waals surface area contributed by atoms with Crippen LogP contribution < -0.4 is 20.1 Å². The Kier molecular flexibility index (Phi) is 7.59. The largest absolute Gasteiger partial charge is 0.495 e. The first kappa shape index (κ1) is 28.1. The molecule has 1 amide bonds. The number of rotatable bonds is 10. The quantitative estimate of drug-likeness (QED) is 0.225. The van der Waals surface area contributed by atoms with E-state index >= 15 is 0 Å². The highest BCUT2D eigenvalue weighted by Crippen LogP contribution is 2.48. The van der Waals surface area contributed by atoms with Crippen molar-refractivity contribution in [2.45, 2.75) is 56.0 Å². The number of benzene rings is 2. The van der Waals surface area contributed by atoms with Crippen LogP contribution in [0.15, 0.2) is 72.0 Å². The van der Waals surface area contributed by atoms with Gasteiger partial charge < -0.3 is 15.4 Å². The standard InChI is InChI=1S/C32H35N5O4S/c1-19(2)16-35-42(39,40)30-14-23-27(37-32(38)21-7-6-12-33-17-21)15-28(36-25-8-4-5-9-29(25)41-3)31(23)24-18-34-26(13-22(24)30)20-10-11-20/h4-9,12-14,17-20,27-28,35-36H,10-11,15-16H2,1-3H3,(H,37,38). The van der Waals surface area contributed by atoms with Crippen molar-refractivity contribution >= 4 is 32.4 Å². The minimum atomic E-state index is -3.86. The molecule has 3 N–H and O–H groups in total. The van der Waals surface area contributed by atoms with Crippen LogP contribution in [-0.4, -0.2) is 37.9 Å². The first-order valence-electron chi connectivity index (χ1n) is 14.3. The van der Waals surface area contributed by atoms with Crippen LogP contribution in [0.25, 0.3) is 10.8 Å². The molecule has 2 aliphatic carbocycles. The van der Waals surface area contributed by atoms with Gasteiger partial charge in [0, 0.05) is 47.5 Å². The van der Waals surface area contributed by atoms with Gasteiger partial charge in [-0.2, -0.15) is 0 Å². The van der Waals surface area contributed by atoms with Crippen molar-refractivity contribution in [1.29, 1.82) is 0 Å². The summed E-state index contributed by atoms with van der Waals surface area (Å²) in [7, 11) is -2.23. The van der Waals surface area contributed by atoms with E-state index in [0.29, 0.717) is 35.6 Å². The summed E-state index contributed by atoms with van der Waals surface area (Å²) in [4.78, 5) is 22.4. The molecule has 0 bridgehead atoms. The van der Waals surface area contributed by atoms with Crippen LogP contribution in [0.4, 0.5) is 5.69 Å². The van der Waals surface area contributed by atoms with E-state index in [0.717, 1.165) is 40.7 Å². The van der Waals surface area contributed by atoms with Crippen LogP contribution in [0, 0.1) is 5.92 Å². The number of hydrogen-bond acceptors (Lipinski definition) is 7. The van der Waals surface area contributed by atoms with E-state index in [1.54, 1.807) is 31.5 Å². The third kappa shape index (κ3) is 5.56. The number of nitrogens with one attached hydrogen (secondary N) is 3. The molecular weight excluding hydrogens is 550 g/mol. The molecule has 218 valence electrons. The number of aromatic nitrogens is 2. The number of anilines is 1. The maximum Gasteiger partial charge on any atom is 0.253 e. The number of ether oxygens (including phenoxy) is 1. The molecule has 2 atom stereocenters. The average Bonchev–Trinajstić information content (AvgIpc) is 3.79. The maximum absolute atomic E-state index is 13.8. The average molecular weight is 586 g/mol. The van der Waals surface area contributed by atoms with Gasteiger partial charge in [0.25, 0.3) is 5.91 Å². The predicted molar refractivity (Wildman–Crippen MR) is 162 cm³/mol. The Labute approximate surface area is 246 Å². The summed E-state index contributed by atoms with van der Waals surface area (Å²) in [5.74, 6) is 0.917. The Morgan fingerprint density at radius 3 is 2.57 bits per heavy atom. The van der Waals surface area contributed by atoms with E-state index in [9.17, 15) is 13.2 Å². The smallest absolute Gasteiger partial charge is 0.253 e. The van der Waals surface area contributed by atoms with Gasteiger partial charge in [0.15, 0.2) is 0 Å². The number of carbonyl (C=O) groups is 1. The lowest BCUT2D eigenvalue weighted by molar-refractivity contribution is 0.0935. The number of fused-ring (bicyclic) bond motifs is 3. The Balaban J connectivity index is 1.51. The minimum absolute atomic E-state index is 0.144. The lowest BCUT2D eigenvalue weighted by Gasteiger charge is -2.20. The van der Waals surface area contributed by atoms with Gasteiger partial charge in [-0.1, -0.05) is 26.0 Å². The van der Waals surface area contributed by atoms with E-state index < -0.39 is 16.1 Å². The summed E-state index contributed by atoms with van der Waals surface area (Å²) in [5.41, 5.74) is 3.82. The van der Waals surface area contributed by atoms with Crippen LogP contribution in [-0.2, 0) is 10.0 Å². The number of amides is 1. The summed E-state index contributed by atoms with van der Waals surface area (Å²) in [6.07, 6.45) is 7.55. The van der Waals surface area contributed by atoms with Gasteiger partial charge >= 0.3 is 0 Å². The molecule has 1 saturated carbocycles. The van der Waals surface area contributed by atoms with E-state index in [2.05, 4.69) is 20.3 Å². The Morgan fingerprint density at radius 1 is 1.05 bits per heavy atom. The molecule has 0 spiro atoms. The highest BCUT2D eigenvalue weighted by molar-refractivity contribution is 7.89. The lowest BCUT2D eigenvalue weighted by Crippen LogP contribution is -2.29. The lowest BCUT2D eigenvalue weighted by atomic mass is 9.98. The normalized spacial score (nSPS) is 18.2. The molecule has 0 aliphatic heterocycles. The first-order chi connectivity index (χ1) is 20.2. The van der Waals surface area contributed by atoms with Crippen molar-refractivity contribution in [2.75, 3.05) is 19.0 Å². The summed E-state index contributed by atoms with van der Waals surface area (Å²) >= 11 is 0. The second-order valence-electron chi connectivity index (χ2n) is 11.5. The summed E-state index contributed by atoms with van der Waals surface area (Å²) in [6, 6.07) is 14.1. The van der Waals surface area contributed by atoms with Crippen LogP contribution >= 0.6 is 0 Å². The van der Waals surface area contributed by atoms with E-state index in [-0.39, 0.29) is 22.8 Å². The molecule has 1 fully saturated rings. The molecule has 10 heteroatoms. The van der Waals surface area contributed by atoms with Crippen molar-refractivity contribution in [3.63, 3.8) is 0 Å². The van der Waals surface area contributed by atoms with Crippen molar-refractivity contribution < 1.29 is 17.9 Å². The number of pyridine rings is 2. The van der Waals surface area contributed by atoms with Gasteiger partial charge in [-0.25, -0.2) is 13.1 Å². The van der Waals surface area contributed by atoms with Crippen LogP contribution in [0.1, 0.15) is 78.3 Å². The second-order valence-corrected chi connectivity index (χ2v) is 13.2. The summed E-state index contributed by atoms with van der Waals surface area (Å²) in [6.45, 7) is 4.26. The number of sulfonamides is 1. The third-order valence-electron chi connectivity index (χ3n) is 7.91. The number of para-hydroxylation sites is 2. The van der Waals surface area contributed by atoms with Crippen molar-refractivity contribution in [3.05, 3.63) is 89.5 Å². The van der Waals surface area contributed by atoms with E-state index in [1.807, 2.05) is 50.4 Å². The minimum Gasteiger partial charge on any atom is -0.495 e. The fourth-order valence-corrected chi connectivity index (χ4v) is 7.09. The maximum atomic E-state index is 13.8. The SMILES string of the molecule is COc1ccccc1NC1CC(NC(=O)c2cccnc2)c2cc(S(=O)(=O)NCC(C)C)c3cc(C4CC4)ncc3c21. The van der Waals surface area contributed by atoms with Crippen molar-refractivity contribution in [2.24, 2.45) is 5.92 Å². The van der Waals surface area contributed by atoms with Crippen LogP contribution in [0.2, 0.25) is 0 Å². The molecule has 6 rings (SSSR count). The zero-order valence-electron chi connectivity index (χ0n) is 23.9. The van der Waals surface area contributed by atoms with Crippen molar-refractivity contribution in [1.82, 2.24) is 20.0 Å². The highest BCUT2D eigenvalue weighted by Gasteiger charge is 2.37. The molecular formula is C32H35N5O4S. The Morgan fingerprint density at radius 2 is 1.86 bits per heavy atom. The fraction of sp³-hybridized carbons (Fsp3) is 0.344. The zero-order valence-corrected chi connectivity index (χ0v) is 24.7. The number of methoxy groups -OCH3 is 1. The third-order valence-corrected chi connectivity index (χ3v) is 9.37. The van der Waals surface area contributed by atoms with Crippen LogP contribution in [0.3, 0.4) is 0 Å². The van der Waals surface area contributed by atoms with Gasteiger partial charge in [-0.15, -0.1) is 0 Å². The van der Waals surface area contributed by atoms with Gasteiger partial charge in [-0.05, 0) is 72.7 Å². The number of carbonyl (C=O) groups excluding carboxylic acids is 1. The monoisotopic (exact) mass is 585 g/mol. The molecule has 2 heterocycles. The summed E-state index contributed by atoms with van der Waals surface area (Å²) < 4.78 is 36.0. The first-order valence-corrected chi connectivity index (χ1v) is 15.8. The molecule has 42 heavy (non-hydrogen) atoms. The van der Waals surface area contributed by atoms with Crippen LogP contribution in [0.5, 0.6) is 5.75 Å². The molecule has 2 unspecified atom stereocenters. The number of nitrogens with zero attached hydrogens (tertiary/aromatic N) is 2. The van der Waals surface area contributed by atoms with Gasteiger partial charge in [-0.3, -0.25) is 14.8 Å². The second kappa shape index (κ2) is 11.3. The van der Waals surface area contributed by atoms with E-state index in [4.69, 9.17) is 9.72 Å². The fourth-order valence-electron chi connectivity index (χ4n) is 5.64. The molecule has 9 nitrogen and oxygen atoms in total. The number of hydrogen-bond donors (Lipinski definition) is 3.